The smallest absolute Gasteiger partial charge is 0.407 e. The fourth-order valence-corrected chi connectivity index (χ4v) is 2.47. The summed E-state index contributed by atoms with van der Waals surface area (Å²) in [4.78, 5) is 35.6. The molecule has 0 radical (unpaired) electrons. The molecule has 0 saturated carbocycles. The van der Waals surface area contributed by atoms with Crippen LogP contribution >= 0.6 is 0 Å². The number of ether oxygens (including phenoxy) is 1. The molecular weight excluding hydrogens is 314 g/mol. The van der Waals surface area contributed by atoms with E-state index < -0.39 is 12.2 Å². The molecule has 1 atom stereocenters. The Hall–Kier alpha value is -2.77. The third-order valence-corrected chi connectivity index (χ3v) is 3.66. The van der Waals surface area contributed by atoms with Gasteiger partial charge in [0, 0.05) is 19.1 Å². The minimum atomic E-state index is -0.989. The number of hydrogen-bond acceptors (Lipinski definition) is 4. The fraction of sp³-hybridized carbons (Fsp3) is 0.438. The average molecular weight is 335 g/mol. The molecule has 1 aromatic rings. The molecule has 1 saturated heterocycles. The summed E-state index contributed by atoms with van der Waals surface area (Å²) in [6, 6.07) is 8.98. The van der Waals surface area contributed by atoms with Crippen molar-refractivity contribution in [1.82, 2.24) is 15.5 Å². The number of carboxylic acid groups (broad SMARTS) is 1. The summed E-state index contributed by atoms with van der Waals surface area (Å²) >= 11 is 0. The maximum atomic E-state index is 11.8. The van der Waals surface area contributed by atoms with Gasteiger partial charge in [-0.2, -0.15) is 0 Å². The van der Waals surface area contributed by atoms with Crippen molar-refractivity contribution < 1.29 is 24.2 Å². The third kappa shape index (κ3) is 5.79. The van der Waals surface area contributed by atoms with Crippen molar-refractivity contribution in [2.24, 2.45) is 0 Å². The van der Waals surface area contributed by atoms with E-state index in [1.807, 2.05) is 30.3 Å². The molecule has 2 rings (SSSR count). The van der Waals surface area contributed by atoms with Crippen LogP contribution in [0.1, 0.15) is 18.4 Å². The first kappa shape index (κ1) is 17.6. The molecule has 1 aliphatic rings. The molecular formula is C16H21N3O5. The van der Waals surface area contributed by atoms with E-state index in [9.17, 15) is 14.4 Å². The molecule has 1 aromatic carbocycles. The van der Waals surface area contributed by atoms with Crippen LogP contribution in [0.4, 0.5) is 9.59 Å². The molecule has 130 valence electrons. The lowest BCUT2D eigenvalue weighted by molar-refractivity contribution is -0.121. The first-order valence-electron chi connectivity index (χ1n) is 7.76. The standard InChI is InChI=1S/C16H21N3O5/c20-14(18-13-7-4-8-19(10-13)16(22)23)9-17-15(21)24-11-12-5-2-1-3-6-12/h1-3,5-6,13H,4,7-11H2,(H,17,21)(H,18,20)(H,22,23). The van der Waals surface area contributed by atoms with Crippen molar-refractivity contribution in [1.29, 1.82) is 0 Å². The van der Waals surface area contributed by atoms with Crippen molar-refractivity contribution >= 4 is 18.1 Å². The molecule has 0 aliphatic carbocycles. The summed E-state index contributed by atoms with van der Waals surface area (Å²) in [6.45, 7) is 0.660. The molecule has 3 amide bonds. The van der Waals surface area contributed by atoms with Crippen molar-refractivity contribution in [2.75, 3.05) is 19.6 Å². The van der Waals surface area contributed by atoms with Gasteiger partial charge in [-0.1, -0.05) is 30.3 Å². The zero-order valence-electron chi connectivity index (χ0n) is 13.2. The molecule has 1 fully saturated rings. The topological polar surface area (TPSA) is 108 Å². The Morgan fingerprint density at radius 3 is 2.71 bits per heavy atom. The van der Waals surface area contributed by atoms with Crippen LogP contribution in [-0.2, 0) is 16.1 Å². The lowest BCUT2D eigenvalue weighted by Crippen LogP contribution is -2.51. The summed E-state index contributed by atoms with van der Waals surface area (Å²) in [6.07, 6.45) is -0.251. The van der Waals surface area contributed by atoms with Crippen LogP contribution in [0.5, 0.6) is 0 Å². The summed E-state index contributed by atoms with van der Waals surface area (Å²) < 4.78 is 5.00. The second-order valence-electron chi connectivity index (χ2n) is 5.55. The Labute approximate surface area is 139 Å². The van der Waals surface area contributed by atoms with Crippen LogP contribution in [0.15, 0.2) is 30.3 Å². The number of hydrogen-bond donors (Lipinski definition) is 3. The Morgan fingerprint density at radius 2 is 2.00 bits per heavy atom. The Kier molecular flexibility index (Phi) is 6.41. The number of nitrogens with zero attached hydrogens (tertiary/aromatic N) is 1. The van der Waals surface area contributed by atoms with Crippen LogP contribution in [0.2, 0.25) is 0 Å². The van der Waals surface area contributed by atoms with Gasteiger partial charge in [0.2, 0.25) is 5.91 Å². The van der Waals surface area contributed by atoms with E-state index in [0.717, 1.165) is 5.56 Å². The number of piperidine rings is 1. The molecule has 3 N–H and O–H groups in total. The number of carbonyl (C=O) groups is 3. The number of nitrogens with one attached hydrogen (secondary N) is 2. The second-order valence-corrected chi connectivity index (χ2v) is 5.55. The van der Waals surface area contributed by atoms with Gasteiger partial charge in [0.15, 0.2) is 0 Å². The molecule has 0 bridgehead atoms. The molecule has 8 nitrogen and oxygen atoms in total. The van der Waals surface area contributed by atoms with E-state index in [-0.39, 0.29) is 31.6 Å². The first-order chi connectivity index (χ1) is 11.5. The van der Waals surface area contributed by atoms with Gasteiger partial charge in [-0.25, -0.2) is 9.59 Å². The van der Waals surface area contributed by atoms with Crippen molar-refractivity contribution in [3.8, 4) is 0 Å². The second kappa shape index (κ2) is 8.76. The maximum absolute atomic E-state index is 11.8. The number of carbonyl (C=O) groups excluding carboxylic acids is 2. The fourth-order valence-electron chi connectivity index (χ4n) is 2.47. The van der Waals surface area contributed by atoms with Crippen LogP contribution in [0, 0.1) is 0 Å². The van der Waals surface area contributed by atoms with Crippen molar-refractivity contribution in [3.05, 3.63) is 35.9 Å². The summed E-state index contributed by atoms with van der Waals surface area (Å²) in [5, 5.41) is 14.1. The predicted octanol–water partition coefficient (Wildman–Crippen LogP) is 1.17. The lowest BCUT2D eigenvalue weighted by atomic mass is 10.1. The Morgan fingerprint density at radius 1 is 1.25 bits per heavy atom. The normalized spacial score (nSPS) is 17.0. The van der Waals surface area contributed by atoms with E-state index in [4.69, 9.17) is 9.84 Å². The average Bonchev–Trinajstić information content (AvgIpc) is 2.59. The van der Waals surface area contributed by atoms with Crippen LogP contribution in [0.25, 0.3) is 0 Å². The Bertz CT molecular complexity index is 578. The zero-order valence-corrected chi connectivity index (χ0v) is 13.2. The van der Waals surface area contributed by atoms with E-state index in [2.05, 4.69) is 10.6 Å². The third-order valence-electron chi connectivity index (χ3n) is 3.66. The van der Waals surface area contributed by atoms with Gasteiger partial charge in [0.1, 0.15) is 13.2 Å². The molecule has 8 heteroatoms. The Balaban J connectivity index is 1.65. The molecule has 0 spiro atoms. The minimum Gasteiger partial charge on any atom is -0.465 e. The molecule has 24 heavy (non-hydrogen) atoms. The first-order valence-corrected chi connectivity index (χ1v) is 7.76. The van der Waals surface area contributed by atoms with E-state index in [0.29, 0.717) is 19.4 Å². The quantitative estimate of drug-likeness (QED) is 0.748. The SMILES string of the molecule is O=C(CNC(=O)OCc1ccccc1)NC1CCCN(C(=O)O)C1. The highest BCUT2D eigenvalue weighted by Crippen LogP contribution is 2.09. The van der Waals surface area contributed by atoms with E-state index in [1.54, 1.807) is 0 Å². The van der Waals surface area contributed by atoms with Gasteiger partial charge in [-0.15, -0.1) is 0 Å². The van der Waals surface area contributed by atoms with Gasteiger partial charge < -0.3 is 25.4 Å². The van der Waals surface area contributed by atoms with Crippen LogP contribution in [0.3, 0.4) is 0 Å². The highest BCUT2D eigenvalue weighted by molar-refractivity contribution is 5.82. The summed E-state index contributed by atoms with van der Waals surface area (Å²) in [5.74, 6) is -0.371. The monoisotopic (exact) mass is 335 g/mol. The largest absolute Gasteiger partial charge is 0.465 e. The number of amides is 3. The predicted molar refractivity (Wildman–Crippen MR) is 85.4 cm³/mol. The van der Waals surface area contributed by atoms with Gasteiger partial charge in [0.05, 0.1) is 0 Å². The summed E-state index contributed by atoms with van der Waals surface area (Å²) in [7, 11) is 0. The van der Waals surface area contributed by atoms with E-state index in [1.165, 1.54) is 4.90 Å². The zero-order chi connectivity index (χ0) is 17.4. The maximum Gasteiger partial charge on any atom is 0.407 e. The number of rotatable bonds is 5. The number of alkyl carbamates (subject to hydrolysis) is 1. The van der Waals surface area contributed by atoms with Gasteiger partial charge in [-0.05, 0) is 18.4 Å². The number of likely N-dealkylation sites (tertiary alicyclic amines) is 1. The van der Waals surface area contributed by atoms with Gasteiger partial charge >= 0.3 is 12.2 Å². The highest BCUT2D eigenvalue weighted by atomic mass is 16.5. The molecule has 1 aliphatic heterocycles. The van der Waals surface area contributed by atoms with Crippen LogP contribution in [-0.4, -0.2) is 53.8 Å². The van der Waals surface area contributed by atoms with Gasteiger partial charge in [-0.3, -0.25) is 4.79 Å². The van der Waals surface area contributed by atoms with Crippen LogP contribution < -0.4 is 10.6 Å². The van der Waals surface area contributed by atoms with E-state index >= 15 is 0 Å². The molecule has 1 heterocycles. The summed E-state index contributed by atoms with van der Waals surface area (Å²) in [5.41, 5.74) is 0.855. The van der Waals surface area contributed by atoms with Gasteiger partial charge in [0.25, 0.3) is 0 Å². The highest BCUT2D eigenvalue weighted by Gasteiger charge is 2.24. The minimum absolute atomic E-state index is 0.129. The molecule has 1 unspecified atom stereocenters. The molecule has 0 aromatic heterocycles. The van der Waals surface area contributed by atoms with Crippen molar-refractivity contribution in [2.45, 2.75) is 25.5 Å². The lowest BCUT2D eigenvalue weighted by Gasteiger charge is -2.31. The van der Waals surface area contributed by atoms with Crippen molar-refractivity contribution in [3.63, 3.8) is 0 Å². The number of benzene rings is 1.